The Labute approximate surface area is 138 Å². The number of nitrogens with one attached hydrogen (secondary N) is 1. The Hall–Kier alpha value is -3.21. The lowest BCUT2D eigenvalue weighted by Crippen LogP contribution is -2.13. The number of rotatable bonds is 3. The molecule has 1 amide bonds. The van der Waals surface area contributed by atoms with Crippen LogP contribution in [0.2, 0.25) is 0 Å². The van der Waals surface area contributed by atoms with Crippen LogP contribution in [0, 0.1) is 12.7 Å². The molecule has 0 bridgehead atoms. The summed E-state index contributed by atoms with van der Waals surface area (Å²) >= 11 is 0. The number of carbonyl (C=O) groups excluding carboxylic acids is 1. The van der Waals surface area contributed by atoms with Gasteiger partial charge in [0.2, 0.25) is 0 Å². The molecule has 0 aliphatic rings. The number of phenolic OH excluding ortho intramolecular Hbond substituents is 1. The van der Waals surface area contributed by atoms with Crippen LogP contribution in [0.4, 0.5) is 10.1 Å². The molecule has 1 aromatic heterocycles. The zero-order valence-corrected chi connectivity index (χ0v) is 13.0. The Morgan fingerprint density at radius 2 is 1.79 bits per heavy atom. The first-order chi connectivity index (χ1) is 11.5. The van der Waals surface area contributed by atoms with E-state index in [1.54, 1.807) is 49.5 Å². The van der Waals surface area contributed by atoms with E-state index < -0.39 is 5.82 Å². The molecule has 4 nitrogen and oxygen atoms in total. The molecular formula is C19H15FN2O2. The molecule has 0 saturated carbocycles. The maximum atomic E-state index is 13.3. The second-order valence-electron chi connectivity index (χ2n) is 5.42. The molecule has 3 aromatic rings. The number of phenols is 1. The first-order valence-electron chi connectivity index (χ1n) is 7.35. The molecule has 5 heteroatoms. The average Bonchev–Trinajstić information content (AvgIpc) is 2.59. The number of aryl methyl sites for hydroxylation is 1. The highest BCUT2D eigenvalue weighted by atomic mass is 19.1. The maximum Gasteiger partial charge on any atom is 0.257 e. The topological polar surface area (TPSA) is 62.2 Å². The molecule has 24 heavy (non-hydrogen) atoms. The van der Waals surface area contributed by atoms with Gasteiger partial charge >= 0.3 is 0 Å². The predicted octanol–water partition coefficient (Wildman–Crippen LogP) is 4.15. The van der Waals surface area contributed by atoms with Gasteiger partial charge in [-0.05, 0) is 48.4 Å². The lowest BCUT2D eigenvalue weighted by atomic mass is 10.1. The number of pyridine rings is 1. The van der Waals surface area contributed by atoms with E-state index in [1.807, 2.05) is 0 Å². The zero-order chi connectivity index (χ0) is 17.1. The SMILES string of the molecule is Cc1ccc(F)cc1NC(=O)c1cncc(-c2ccc(O)cc2)c1. The van der Waals surface area contributed by atoms with E-state index in [9.17, 15) is 14.3 Å². The first kappa shape index (κ1) is 15.7. The maximum absolute atomic E-state index is 13.3. The fraction of sp³-hybridized carbons (Fsp3) is 0.0526. The lowest BCUT2D eigenvalue weighted by molar-refractivity contribution is 0.102. The van der Waals surface area contributed by atoms with Gasteiger partial charge < -0.3 is 10.4 Å². The molecule has 0 aliphatic heterocycles. The van der Waals surface area contributed by atoms with E-state index in [4.69, 9.17) is 0 Å². The van der Waals surface area contributed by atoms with E-state index in [-0.39, 0.29) is 11.7 Å². The van der Waals surface area contributed by atoms with Crippen molar-refractivity contribution in [1.82, 2.24) is 4.98 Å². The van der Waals surface area contributed by atoms with Crippen molar-refractivity contribution in [2.24, 2.45) is 0 Å². The monoisotopic (exact) mass is 322 g/mol. The van der Waals surface area contributed by atoms with Gasteiger partial charge in [0.25, 0.3) is 5.91 Å². The molecule has 120 valence electrons. The van der Waals surface area contributed by atoms with E-state index in [0.717, 1.165) is 16.7 Å². The van der Waals surface area contributed by atoms with Gasteiger partial charge in [-0.1, -0.05) is 18.2 Å². The molecule has 2 aromatic carbocycles. The number of carbonyl (C=O) groups is 1. The zero-order valence-electron chi connectivity index (χ0n) is 13.0. The number of amides is 1. The molecule has 3 rings (SSSR count). The average molecular weight is 322 g/mol. The number of hydrogen-bond donors (Lipinski definition) is 2. The summed E-state index contributed by atoms with van der Waals surface area (Å²) in [5.74, 6) is -0.606. The van der Waals surface area contributed by atoms with Crippen molar-refractivity contribution in [1.29, 1.82) is 0 Å². The Kier molecular flexibility index (Phi) is 4.24. The van der Waals surface area contributed by atoms with Crippen LogP contribution in [0.5, 0.6) is 5.75 Å². The first-order valence-corrected chi connectivity index (χ1v) is 7.35. The summed E-state index contributed by atoms with van der Waals surface area (Å²) in [7, 11) is 0. The second-order valence-corrected chi connectivity index (χ2v) is 5.42. The minimum absolute atomic E-state index is 0.169. The van der Waals surface area contributed by atoms with Crippen molar-refractivity contribution in [3.8, 4) is 16.9 Å². The minimum Gasteiger partial charge on any atom is -0.508 e. The van der Waals surface area contributed by atoms with Crippen LogP contribution in [0.25, 0.3) is 11.1 Å². The predicted molar refractivity (Wildman–Crippen MR) is 90.4 cm³/mol. The number of benzene rings is 2. The van der Waals surface area contributed by atoms with Gasteiger partial charge in [-0.15, -0.1) is 0 Å². The van der Waals surface area contributed by atoms with E-state index >= 15 is 0 Å². The fourth-order valence-corrected chi connectivity index (χ4v) is 2.30. The van der Waals surface area contributed by atoms with Crippen LogP contribution in [-0.2, 0) is 0 Å². The quantitative estimate of drug-likeness (QED) is 0.761. The molecule has 2 N–H and O–H groups in total. The van der Waals surface area contributed by atoms with Gasteiger partial charge in [-0.2, -0.15) is 0 Å². The van der Waals surface area contributed by atoms with Gasteiger partial charge in [0, 0.05) is 23.6 Å². The van der Waals surface area contributed by atoms with Crippen LogP contribution in [0.1, 0.15) is 15.9 Å². The highest BCUT2D eigenvalue weighted by Gasteiger charge is 2.10. The third-order valence-corrected chi connectivity index (χ3v) is 3.65. The van der Waals surface area contributed by atoms with Crippen LogP contribution >= 0.6 is 0 Å². The number of anilines is 1. The van der Waals surface area contributed by atoms with Gasteiger partial charge in [-0.3, -0.25) is 9.78 Å². The lowest BCUT2D eigenvalue weighted by Gasteiger charge is -2.09. The Bertz CT molecular complexity index is 892. The minimum atomic E-state index is -0.410. The Morgan fingerprint density at radius 3 is 2.54 bits per heavy atom. The van der Waals surface area contributed by atoms with Gasteiger partial charge in [0.1, 0.15) is 11.6 Å². The number of hydrogen-bond acceptors (Lipinski definition) is 3. The van der Waals surface area contributed by atoms with E-state index in [1.165, 1.54) is 18.3 Å². The number of aromatic nitrogens is 1. The van der Waals surface area contributed by atoms with Gasteiger partial charge in [0.05, 0.1) is 5.56 Å². The van der Waals surface area contributed by atoms with Crippen molar-refractivity contribution in [2.45, 2.75) is 6.92 Å². The van der Waals surface area contributed by atoms with E-state index in [2.05, 4.69) is 10.3 Å². The molecule has 0 fully saturated rings. The number of aromatic hydroxyl groups is 1. The summed E-state index contributed by atoms with van der Waals surface area (Å²) in [6.45, 7) is 1.79. The molecule has 0 unspecified atom stereocenters. The third-order valence-electron chi connectivity index (χ3n) is 3.65. The molecule has 0 spiro atoms. The van der Waals surface area contributed by atoms with Crippen molar-refractivity contribution >= 4 is 11.6 Å². The largest absolute Gasteiger partial charge is 0.508 e. The van der Waals surface area contributed by atoms with Crippen LogP contribution in [-0.4, -0.2) is 16.0 Å². The van der Waals surface area contributed by atoms with Gasteiger partial charge in [-0.25, -0.2) is 4.39 Å². The van der Waals surface area contributed by atoms with Crippen molar-refractivity contribution in [2.75, 3.05) is 5.32 Å². The van der Waals surface area contributed by atoms with Crippen LogP contribution in [0.15, 0.2) is 60.9 Å². The van der Waals surface area contributed by atoms with Crippen LogP contribution in [0.3, 0.4) is 0 Å². The summed E-state index contributed by atoms with van der Waals surface area (Å²) in [6.07, 6.45) is 3.09. The molecule has 0 saturated heterocycles. The normalized spacial score (nSPS) is 10.4. The van der Waals surface area contributed by atoms with Crippen molar-refractivity contribution in [3.05, 3.63) is 77.9 Å². The highest BCUT2D eigenvalue weighted by Crippen LogP contribution is 2.23. The summed E-state index contributed by atoms with van der Waals surface area (Å²) in [6, 6.07) is 12.5. The molecule has 0 aliphatic carbocycles. The second kappa shape index (κ2) is 6.50. The molecule has 1 heterocycles. The number of nitrogens with zero attached hydrogens (tertiary/aromatic N) is 1. The summed E-state index contributed by atoms with van der Waals surface area (Å²) in [5, 5.41) is 12.0. The Balaban J connectivity index is 1.87. The van der Waals surface area contributed by atoms with E-state index in [0.29, 0.717) is 11.3 Å². The molecular weight excluding hydrogens is 307 g/mol. The van der Waals surface area contributed by atoms with Crippen molar-refractivity contribution in [3.63, 3.8) is 0 Å². The molecule has 0 radical (unpaired) electrons. The highest BCUT2D eigenvalue weighted by molar-refractivity contribution is 6.05. The number of halogens is 1. The molecule has 0 atom stereocenters. The summed E-state index contributed by atoms with van der Waals surface area (Å²) in [5.41, 5.74) is 3.14. The fourth-order valence-electron chi connectivity index (χ4n) is 2.30. The smallest absolute Gasteiger partial charge is 0.257 e. The van der Waals surface area contributed by atoms with Crippen LogP contribution < -0.4 is 5.32 Å². The third kappa shape index (κ3) is 3.41. The Morgan fingerprint density at radius 1 is 1.04 bits per heavy atom. The standard InChI is InChI=1S/C19H15FN2O2/c1-12-2-5-16(20)9-18(12)22-19(24)15-8-14(10-21-11-15)13-3-6-17(23)7-4-13/h2-11,23H,1H3,(H,22,24). The summed E-state index contributed by atoms with van der Waals surface area (Å²) < 4.78 is 13.3. The van der Waals surface area contributed by atoms with Gasteiger partial charge in [0.15, 0.2) is 0 Å². The summed E-state index contributed by atoms with van der Waals surface area (Å²) in [4.78, 5) is 16.5. The van der Waals surface area contributed by atoms with Crippen molar-refractivity contribution < 1.29 is 14.3 Å².